The maximum atomic E-state index is 9.93. The van der Waals surface area contributed by atoms with Gasteiger partial charge in [0.2, 0.25) is 0 Å². The fraction of sp³-hybridized carbons (Fsp3) is 1.00. The van der Waals surface area contributed by atoms with Gasteiger partial charge in [0.25, 0.3) is 0 Å². The Hall–Kier alpha value is -0.360. The summed E-state index contributed by atoms with van der Waals surface area (Å²) in [5.74, 6) is 0. The molecule has 0 bridgehead atoms. The van der Waals surface area contributed by atoms with Crippen LogP contribution in [-0.2, 0) is 9.47 Å². The molecule has 2 rings (SSSR count). The lowest BCUT2D eigenvalue weighted by Gasteiger charge is -2.43. The van der Waals surface area contributed by atoms with Crippen LogP contribution in [0.2, 0.25) is 0 Å². The average molecular weight is 307 g/mol. The van der Waals surface area contributed by atoms with E-state index < -0.39 is 55.0 Å². The molecular formula is C12H25N3O6. The van der Waals surface area contributed by atoms with Gasteiger partial charge >= 0.3 is 0 Å². The molecule has 1 aliphatic heterocycles. The topological polar surface area (TPSA) is 177 Å². The van der Waals surface area contributed by atoms with Gasteiger partial charge in [0, 0.05) is 18.6 Å². The largest absolute Gasteiger partial charge is 0.391 e. The highest BCUT2D eigenvalue weighted by atomic mass is 16.7. The molecule has 10 N–H and O–H groups in total. The van der Waals surface area contributed by atoms with Gasteiger partial charge < -0.3 is 47.1 Å². The predicted molar refractivity (Wildman–Crippen MR) is 71.8 cm³/mol. The minimum atomic E-state index is -1.42. The van der Waals surface area contributed by atoms with Crippen LogP contribution in [-0.4, -0.2) is 82.0 Å². The second-order valence-electron chi connectivity index (χ2n) is 5.79. The van der Waals surface area contributed by atoms with Gasteiger partial charge in [-0.25, -0.2) is 0 Å². The van der Waals surface area contributed by atoms with E-state index in [1.165, 1.54) is 0 Å². The second kappa shape index (κ2) is 6.82. The summed E-state index contributed by atoms with van der Waals surface area (Å²) in [6, 6.07) is -0.938. The molecule has 124 valence electrons. The molecule has 0 aromatic rings. The van der Waals surface area contributed by atoms with Crippen molar-refractivity contribution in [2.45, 2.75) is 67.8 Å². The molecule has 0 amide bonds. The summed E-state index contributed by atoms with van der Waals surface area (Å²) < 4.78 is 11.0. The average Bonchev–Trinajstić information content (AvgIpc) is 2.45. The Labute approximate surface area is 122 Å². The third kappa shape index (κ3) is 3.52. The zero-order chi connectivity index (χ0) is 15.7. The zero-order valence-electron chi connectivity index (χ0n) is 11.7. The minimum Gasteiger partial charge on any atom is -0.391 e. The van der Waals surface area contributed by atoms with Gasteiger partial charge in [-0.1, -0.05) is 0 Å². The van der Waals surface area contributed by atoms with Crippen molar-refractivity contribution in [3.63, 3.8) is 0 Å². The fourth-order valence-corrected chi connectivity index (χ4v) is 2.76. The lowest BCUT2D eigenvalue weighted by atomic mass is 9.87. The molecule has 0 aromatic carbocycles. The standard InChI is InChI=1S/C12H25N3O6/c13-3-8-9(17)10(18)11(19)12(21-8)20-7-2-4(14)6(16)1-5(7)15/h4-12,16-19H,1-3,13-15H2/t4-,5-,6-,7-,8+,9+,10-,11+,12+/m0/s1. The Bertz CT molecular complexity index is 347. The van der Waals surface area contributed by atoms with E-state index in [9.17, 15) is 20.4 Å². The highest BCUT2D eigenvalue weighted by Gasteiger charge is 2.45. The molecule has 2 aliphatic rings. The van der Waals surface area contributed by atoms with Gasteiger partial charge in [0.15, 0.2) is 6.29 Å². The third-order valence-electron chi connectivity index (χ3n) is 4.20. The summed E-state index contributed by atoms with van der Waals surface area (Å²) in [7, 11) is 0. The first-order valence-electron chi connectivity index (χ1n) is 7.09. The van der Waals surface area contributed by atoms with Crippen molar-refractivity contribution >= 4 is 0 Å². The monoisotopic (exact) mass is 307 g/mol. The van der Waals surface area contributed by atoms with Crippen molar-refractivity contribution in [1.29, 1.82) is 0 Å². The molecular weight excluding hydrogens is 282 g/mol. The first-order chi connectivity index (χ1) is 9.85. The van der Waals surface area contributed by atoms with E-state index in [4.69, 9.17) is 26.7 Å². The molecule has 1 heterocycles. The number of aliphatic hydroxyl groups is 4. The van der Waals surface area contributed by atoms with Gasteiger partial charge in [-0.05, 0) is 12.8 Å². The lowest BCUT2D eigenvalue weighted by Crippen LogP contribution is -2.62. The molecule has 21 heavy (non-hydrogen) atoms. The molecule has 9 heteroatoms. The van der Waals surface area contributed by atoms with Gasteiger partial charge in [-0.15, -0.1) is 0 Å². The van der Waals surface area contributed by atoms with E-state index in [1.54, 1.807) is 0 Å². The van der Waals surface area contributed by atoms with Crippen molar-refractivity contribution in [1.82, 2.24) is 0 Å². The number of ether oxygens (including phenoxy) is 2. The third-order valence-corrected chi connectivity index (χ3v) is 4.20. The lowest BCUT2D eigenvalue weighted by molar-refractivity contribution is -0.309. The number of rotatable bonds is 3. The number of hydrogen-bond donors (Lipinski definition) is 7. The van der Waals surface area contributed by atoms with E-state index >= 15 is 0 Å². The summed E-state index contributed by atoms with van der Waals surface area (Å²) in [6.45, 7) is -0.0280. The summed E-state index contributed by atoms with van der Waals surface area (Å²) in [5, 5.41) is 39.1. The summed E-state index contributed by atoms with van der Waals surface area (Å²) in [4.78, 5) is 0. The SMILES string of the molecule is NC[C@H]1O[C@@H](O[C@H]2C[C@H](N)[C@@H](O)C[C@@H]2N)[C@H](O)[C@@H](O)[C@@H]1O. The van der Waals surface area contributed by atoms with E-state index in [2.05, 4.69) is 0 Å². The number of aliphatic hydroxyl groups excluding tert-OH is 4. The highest BCUT2D eigenvalue weighted by molar-refractivity contribution is 4.94. The van der Waals surface area contributed by atoms with Crippen LogP contribution in [0.25, 0.3) is 0 Å². The first kappa shape index (κ1) is 17.0. The molecule has 1 saturated carbocycles. The van der Waals surface area contributed by atoms with Crippen LogP contribution >= 0.6 is 0 Å². The summed E-state index contributed by atoms with van der Waals surface area (Å²) in [5.41, 5.74) is 17.1. The van der Waals surface area contributed by atoms with Crippen LogP contribution < -0.4 is 17.2 Å². The molecule has 1 aliphatic carbocycles. The molecule has 9 nitrogen and oxygen atoms in total. The van der Waals surface area contributed by atoms with Gasteiger partial charge in [-0.2, -0.15) is 0 Å². The van der Waals surface area contributed by atoms with Crippen molar-refractivity contribution in [2.75, 3.05) is 6.54 Å². The molecule has 9 atom stereocenters. The summed E-state index contributed by atoms with van der Waals surface area (Å²) >= 11 is 0. The maximum Gasteiger partial charge on any atom is 0.186 e. The van der Waals surface area contributed by atoms with E-state index in [-0.39, 0.29) is 13.0 Å². The van der Waals surface area contributed by atoms with Crippen molar-refractivity contribution in [3.05, 3.63) is 0 Å². The maximum absolute atomic E-state index is 9.93. The number of nitrogens with two attached hydrogens (primary N) is 3. The Morgan fingerprint density at radius 3 is 2.24 bits per heavy atom. The summed E-state index contributed by atoms with van der Waals surface area (Å²) in [6.07, 6.45) is -6.75. The predicted octanol–water partition coefficient (Wildman–Crippen LogP) is -4.05. The van der Waals surface area contributed by atoms with Crippen LogP contribution in [0.3, 0.4) is 0 Å². The number of hydrogen-bond acceptors (Lipinski definition) is 9. The normalized spacial score (nSPS) is 51.9. The second-order valence-corrected chi connectivity index (χ2v) is 5.79. The molecule has 0 aromatic heterocycles. The minimum absolute atomic E-state index is 0.0280. The van der Waals surface area contributed by atoms with Crippen LogP contribution in [0.5, 0.6) is 0 Å². The Balaban J connectivity index is 2.01. The Morgan fingerprint density at radius 2 is 1.62 bits per heavy atom. The molecule has 1 saturated heterocycles. The van der Waals surface area contributed by atoms with Crippen molar-refractivity contribution in [3.8, 4) is 0 Å². The van der Waals surface area contributed by atoms with Crippen LogP contribution in [0.1, 0.15) is 12.8 Å². The molecule has 0 spiro atoms. The fourth-order valence-electron chi connectivity index (χ4n) is 2.76. The highest BCUT2D eigenvalue weighted by Crippen LogP contribution is 2.27. The van der Waals surface area contributed by atoms with Crippen LogP contribution in [0.15, 0.2) is 0 Å². The van der Waals surface area contributed by atoms with E-state index in [1.807, 2.05) is 0 Å². The van der Waals surface area contributed by atoms with Gasteiger partial charge in [0.05, 0.1) is 12.2 Å². The smallest absolute Gasteiger partial charge is 0.186 e. The molecule has 0 radical (unpaired) electrons. The van der Waals surface area contributed by atoms with Crippen LogP contribution in [0.4, 0.5) is 0 Å². The van der Waals surface area contributed by atoms with Crippen LogP contribution in [0, 0.1) is 0 Å². The van der Waals surface area contributed by atoms with E-state index in [0.717, 1.165) is 0 Å². The Kier molecular flexibility index (Phi) is 5.52. The van der Waals surface area contributed by atoms with Crippen molar-refractivity contribution in [2.24, 2.45) is 17.2 Å². The molecule has 0 unspecified atom stereocenters. The molecule has 2 fully saturated rings. The first-order valence-corrected chi connectivity index (χ1v) is 7.09. The van der Waals surface area contributed by atoms with Crippen molar-refractivity contribution < 1.29 is 29.9 Å². The van der Waals surface area contributed by atoms with Gasteiger partial charge in [0.1, 0.15) is 24.4 Å². The zero-order valence-corrected chi connectivity index (χ0v) is 11.7. The van der Waals surface area contributed by atoms with E-state index in [0.29, 0.717) is 6.42 Å². The Morgan fingerprint density at radius 1 is 0.952 bits per heavy atom. The van der Waals surface area contributed by atoms with Gasteiger partial charge in [-0.3, -0.25) is 0 Å². The quantitative estimate of drug-likeness (QED) is 0.273.